The molecule has 0 aromatic heterocycles. The van der Waals surface area contributed by atoms with Crippen LogP contribution in [-0.4, -0.2) is 27.4 Å². The van der Waals surface area contributed by atoms with E-state index in [9.17, 15) is 14.7 Å². The number of hydrogen-bond acceptors (Lipinski definition) is 3. The first-order valence-electron chi connectivity index (χ1n) is 6.19. The standard InChI is InChI=1S/C15H14O4S/c1-2-11(15(18)19)20-12-8-4-6-9-5-3-7-10(13(9)12)14(16)17/h3-8,11H,2H2,1H3,(H,16,17)(H,18,19). The van der Waals surface area contributed by atoms with Gasteiger partial charge in [0.2, 0.25) is 0 Å². The Morgan fingerprint density at radius 1 is 1.15 bits per heavy atom. The smallest absolute Gasteiger partial charge is 0.336 e. The number of aliphatic carboxylic acids is 1. The van der Waals surface area contributed by atoms with Gasteiger partial charge in [-0.25, -0.2) is 4.79 Å². The highest BCUT2D eigenvalue weighted by Gasteiger charge is 2.19. The van der Waals surface area contributed by atoms with Gasteiger partial charge in [-0.3, -0.25) is 4.79 Å². The van der Waals surface area contributed by atoms with E-state index in [0.717, 1.165) is 5.39 Å². The van der Waals surface area contributed by atoms with Gasteiger partial charge in [0.15, 0.2) is 0 Å². The molecule has 2 aromatic rings. The molecule has 0 fully saturated rings. The van der Waals surface area contributed by atoms with Gasteiger partial charge in [-0.15, -0.1) is 11.8 Å². The second-order valence-electron chi connectivity index (χ2n) is 4.32. The summed E-state index contributed by atoms with van der Waals surface area (Å²) in [6.07, 6.45) is 0.478. The number of rotatable bonds is 5. The Hall–Kier alpha value is -2.01. The Labute approximate surface area is 120 Å². The molecular weight excluding hydrogens is 276 g/mol. The fourth-order valence-corrected chi connectivity index (χ4v) is 3.12. The molecule has 0 radical (unpaired) electrons. The van der Waals surface area contributed by atoms with E-state index in [1.54, 1.807) is 19.1 Å². The zero-order valence-electron chi connectivity index (χ0n) is 10.9. The van der Waals surface area contributed by atoms with Gasteiger partial charge in [0.25, 0.3) is 0 Å². The summed E-state index contributed by atoms with van der Waals surface area (Å²) >= 11 is 1.19. The highest BCUT2D eigenvalue weighted by Crippen LogP contribution is 2.34. The number of carboxylic acids is 2. The van der Waals surface area contributed by atoms with Crippen LogP contribution in [0.1, 0.15) is 23.7 Å². The lowest BCUT2D eigenvalue weighted by Crippen LogP contribution is -2.14. The van der Waals surface area contributed by atoms with E-state index in [1.165, 1.54) is 17.8 Å². The van der Waals surface area contributed by atoms with E-state index < -0.39 is 17.2 Å². The predicted octanol–water partition coefficient (Wildman–Crippen LogP) is 3.49. The molecule has 2 rings (SSSR count). The highest BCUT2D eigenvalue weighted by molar-refractivity contribution is 8.00. The monoisotopic (exact) mass is 290 g/mol. The summed E-state index contributed by atoms with van der Waals surface area (Å²) in [4.78, 5) is 23.2. The van der Waals surface area contributed by atoms with Crippen molar-refractivity contribution in [3.05, 3.63) is 42.0 Å². The Bertz CT molecular complexity index is 661. The molecule has 1 atom stereocenters. The molecular formula is C15H14O4S. The van der Waals surface area contributed by atoms with Gasteiger partial charge in [0.1, 0.15) is 5.25 Å². The van der Waals surface area contributed by atoms with E-state index >= 15 is 0 Å². The van der Waals surface area contributed by atoms with Crippen molar-refractivity contribution in [1.82, 2.24) is 0 Å². The van der Waals surface area contributed by atoms with Crippen LogP contribution in [0.15, 0.2) is 41.3 Å². The van der Waals surface area contributed by atoms with Crippen molar-refractivity contribution in [1.29, 1.82) is 0 Å². The third-order valence-electron chi connectivity index (χ3n) is 3.01. The molecule has 5 heteroatoms. The molecule has 2 N–H and O–H groups in total. The number of aromatic carboxylic acids is 1. The minimum absolute atomic E-state index is 0.200. The van der Waals surface area contributed by atoms with Crippen LogP contribution in [0.5, 0.6) is 0 Å². The van der Waals surface area contributed by atoms with E-state index in [4.69, 9.17) is 5.11 Å². The molecule has 104 valence electrons. The van der Waals surface area contributed by atoms with Crippen molar-refractivity contribution >= 4 is 34.5 Å². The van der Waals surface area contributed by atoms with Gasteiger partial charge in [0, 0.05) is 10.3 Å². The molecule has 0 aliphatic heterocycles. The van der Waals surface area contributed by atoms with Crippen LogP contribution < -0.4 is 0 Å². The first kappa shape index (κ1) is 14.4. The lowest BCUT2D eigenvalue weighted by molar-refractivity contribution is -0.136. The maximum atomic E-state index is 11.3. The summed E-state index contributed by atoms with van der Waals surface area (Å²) in [7, 11) is 0. The molecule has 0 saturated carbocycles. The SMILES string of the molecule is CCC(Sc1cccc2cccc(C(=O)O)c12)C(=O)O. The maximum absolute atomic E-state index is 11.3. The van der Waals surface area contributed by atoms with E-state index in [0.29, 0.717) is 16.7 Å². The largest absolute Gasteiger partial charge is 0.480 e. The minimum Gasteiger partial charge on any atom is -0.480 e. The quantitative estimate of drug-likeness (QED) is 0.824. The molecule has 20 heavy (non-hydrogen) atoms. The molecule has 2 aromatic carbocycles. The average Bonchev–Trinajstić information content (AvgIpc) is 2.43. The number of thioether (sulfide) groups is 1. The average molecular weight is 290 g/mol. The summed E-state index contributed by atoms with van der Waals surface area (Å²) in [5.41, 5.74) is 0.200. The number of hydrogen-bond donors (Lipinski definition) is 2. The number of carbonyl (C=O) groups is 2. The Morgan fingerprint density at radius 3 is 2.35 bits per heavy atom. The van der Waals surface area contributed by atoms with Gasteiger partial charge < -0.3 is 10.2 Å². The van der Waals surface area contributed by atoms with E-state index in [2.05, 4.69) is 0 Å². The predicted molar refractivity (Wildman–Crippen MR) is 78.5 cm³/mol. The minimum atomic E-state index is -1.01. The lowest BCUT2D eigenvalue weighted by atomic mass is 10.0. The van der Waals surface area contributed by atoms with Crippen LogP contribution in [0.25, 0.3) is 10.8 Å². The van der Waals surface area contributed by atoms with Crippen LogP contribution in [0.3, 0.4) is 0 Å². The number of fused-ring (bicyclic) bond motifs is 1. The zero-order chi connectivity index (χ0) is 14.7. The molecule has 0 saturated heterocycles. The van der Waals surface area contributed by atoms with Crippen molar-refractivity contribution in [2.45, 2.75) is 23.5 Å². The first-order valence-corrected chi connectivity index (χ1v) is 7.07. The molecule has 0 heterocycles. The third kappa shape index (κ3) is 2.77. The Kier molecular flexibility index (Phi) is 4.29. The topological polar surface area (TPSA) is 74.6 Å². The fraction of sp³-hybridized carbons (Fsp3) is 0.200. The Morgan fingerprint density at radius 2 is 1.80 bits per heavy atom. The molecule has 0 aliphatic carbocycles. The summed E-state index contributed by atoms with van der Waals surface area (Å²) < 4.78 is 0. The van der Waals surface area contributed by atoms with Crippen molar-refractivity contribution in [2.75, 3.05) is 0 Å². The second kappa shape index (κ2) is 5.96. The van der Waals surface area contributed by atoms with E-state index in [1.807, 2.05) is 18.2 Å². The van der Waals surface area contributed by atoms with Crippen LogP contribution in [0.4, 0.5) is 0 Å². The second-order valence-corrected chi connectivity index (χ2v) is 5.56. The summed E-state index contributed by atoms with van der Waals surface area (Å²) in [5, 5.41) is 19.3. The van der Waals surface area contributed by atoms with Crippen LogP contribution in [0, 0.1) is 0 Å². The summed E-state index contributed by atoms with van der Waals surface area (Å²) in [6.45, 7) is 1.80. The van der Waals surface area contributed by atoms with Gasteiger partial charge in [-0.1, -0.05) is 31.2 Å². The normalized spacial score (nSPS) is 12.2. The van der Waals surface area contributed by atoms with Gasteiger partial charge >= 0.3 is 11.9 Å². The van der Waals surface area contributed by atoms with Crippen molar-refractivity contribution in [2.24, 2.45) is 0 Å². The molecule has 1 unspecified atom stereocenters. The van der Waals surface area contributed by atoms with Crippen molar-refractivity contribution < 1.29 is 19.8 Å². The van der Waals surface area contributed by atoms with Crippen LogP contribution in [0.2, 0.25) is 0 Å². The molecule has 0 amide bonds. The van der Waals surface area contributed by atoms with E-state index in [-0.39, 0.29) is 5.56 Å². The molecule has 0 spiro atoms. The van der Waals surface area contributed by atoms with Crippen LogP contribution in [-0.2, 0) is 4.79 Å². The van der Waals surface area contributed by atoms with Crippen molar-refractivity contribution in [3.63, 3.8) is 0 Å². The molecule has 0 aliphatic rings. The molecule has 4 nitrogen and oxygen atoms in total. The zero-order valence-corrected chi connectivity index (χ0v) is 11.7. The molecule has 0 bridgehead atoms. The van der Waals surface area contributed by atoms with Gasteiger partial charge in [-0.2, -0.15) is 0 Å². The van der Waals surface area contributed by atoms with Gasteiger partial charge in [0.05, 0.1) is 5.56 Å². The summed E-state index contributed by atoms with van der Waals surface area (Å²) in [5.74, 6) is -1.89. The number of benzene rings is 2. The fourth-order valence-electron chi connectivity index (χ4n) is 2.04. The van der Waals surface area contributed by atoms with Crippen LogP contribution >= 0.6 is 11.8 Å². The van der Waals surface area contributed by atoms with Crippen molar-refractivity contribution in [3.8, 4) is 0 Å². The Balaban J connectivity index is 2.58. The first-order chi connectivity index (χ1) is 9.54. The van der Waals surface area contributed by atoms with Gasteiger partial charge in [-0.05, 0) is 23.9 Å². The summed E-state index contributed by atoms with van der Waals surface area (Å²) in [6, 6.07) is 10.5. The highest BCUT2D eigenvalue weighted by atomic mass is 32.2. The third-order valence-corrected chi connectivity index (χ3v) is 4.43. The maximum Gasteiger partial charge on any atom is 0.336 e. The lowest BCUT2D eigenvalue weighted by Gasteiger charge is -2.13. The number of carboxylic acid groups (broad SMARTS) is 2.